The Hall–Kier alpha value is -1.83. The van der Waals surface area contributed by atoms with E-state index in [1.807, 2.05) is 24.3 Å². The molecule has 1 atom stereocenters. The van der Waals surface area contributed by atoms with Crippen molar-refractivity contribution in [2.75, 3.05) is 65.0 Å². The Bertz CT molecular complexity index is 603. The molecule has 1 aliphatic heterocycles. The molecule has 1 aromatic carbocycles. The van der Waals surface area contributed by atoms with E-state index in [4.69, 9.17) is 19.2 Å². The van der Waals surface area contributed by atoms with Gasteiger partial charge >= 0.3 is 0 Å². The van der Waals surface area contributed by atoms with E-state index < -0.39 is 0 Å². The van der Waals surface area contributed by atoms with Gasteiger partial charge in [0.05, 0.1) is 26.4 Å². The first kappa shape index (κ1) is 23.4. The van der Waals surface area contributed by atoms with E-state index in [2.05, 4.69) is 36.3 Å². The second-order valence-electron chi connectivity index (χ2n) is 7.53. The molecule has 0 saturated carbocycles. The van der Waals surface area contributed by atoms with Crippen LogP contribution in [0.4, 0.5) is 5.69 Å². The van der Waals surface area contributed by atoms with E-state index in [1.165, 1.54) is 0 Å². The summed E-state index contributed by atoms with van der Waals surface area (Å²) in [5.74, 6) is 2.17. The highest BCUT2D eigenvalue weighted by atomic mass is 16.5. The third kappa shape index (κ3) is 8.60. The molecule has 1 aliphatic rings. The van der Waals surface area contributed by atoms with Gasteiger partial charge in [0.25, 0.3) is 0 Å². The zero-order valence-electron chi connectivity index (χ0n) is 18.4. The Morgan fingerprint density at radius 1 is 1.24 bits per heavy atom. The number of ether oxygens (including phenoxy) is 3. The number of nitrogens with zero attached hydrogens (tertiary/aromatic N) is 2. The molecule has 0 spiro atoms. The Balaban J connectivity index is 1.98. The van der Waals surface area contributed by atoms with Gasteiger partial charge in [-0.25, -0.2) is 0 Å². The Labute approximate surface area is 175 Å². The maximum absolute atomic E-state index is 5.80. The molecule has 1 aromatic rings. The fraction of sp³-hybridized carbons (Fsp3) is 0.682. The standard InChI is InChI=1S/C22H38N4O3/c1-5-23-22(24-17-21(18(2)3)26-10-14-28-15-11-26)25-19-8-6-9-20(16-19)29-13-7-12-27-4/h6,8-9,16,18,21H,5,7,10-15,17H2,1-4H3,(H2,23,24,25). The lowest BCUT2D eigenvalue weighted by molar-refractivity contribution is 0.00869. The van der Waals surface area contributed by atoms with Crippen molar-refractivity contribution < 1.29 is 14.2 Å². The van der Waals surface area contributed by atoms with Crippen LogP contribution in [0.2, 0.25) is 0 Å². The largest absolute Gasteiger partial charge is 0.493 e. The summed E-state index contributed by atoms with van der Waals surface area (Å²) in [6.45, 7) is 13.1. The molecule has 0 aromatic heterocycles. The second kappa shape index (κ2) is 13.4. The van der Waals surface area contributed by atoms with E-state index in [0.717, 1.165) is 63.2 Å². The highest BCUT2D eigenvalue weighted by Gasteiger charge is 2.23. The van der Waals surface area contributed by atoms with Gasteiger partial charge < -0.3 is 24.8 Å². The average Bonchev–Trinajstić information content (AvgIpc) is 2.72. The minimum absolute atomic E-state index is 0.407. The van der Waals surface area contributed by atoms with Crippen molar-refractivity contribution in [3.63, 3.8) is 0 Å². The molecular formula is C22H38N4O3. The number of benzene rings is 1. The first-order valence-electron chi connectivity index (χ1n) is 10.7. The van der Waals surface area contributed by atoms with Crippen LogP contribution in [-0.2, 0) is 9.47 Å². The number of rotatable bonds is 11. The summed E-state index contributed by atoms with van der Waals surface area (Å²) in [4.78, 5) is 7.37. The molecule has 0 bridgehead atoms. The zero-order chi connectivity index (χ0) is 20.9. The highest BCUT2D eigenvalue weighted by molar-refractivity contribution is 5.93. The van der Waals surface area contributed by atoms with Gasteiger partial charge in [-0.1, -0.05) is 19.9 Å². The van der Waals surface area contributed by atoms with Crippen molar-refractivity contribution >= 4 is 11.6 Å². The summed E-state index contributed by atoms with van der Waals surface area (Å²) in [6.07, 6.45) is 0.871. The normalized spacial score (nSPS) is 16.7. The fourth-order valence-electron chi connectivity index (χ4n) is 3.34. The SMILES string of the molecule is CCNC(=NCC(C(C)C)N1CCOCC1)Nc1cccc(OCCCOC)c1. The number of hydrogen-bond acceptors (Lipinski definition) is 5. The van der Waals surface area contributed by atoms with E-state index >= 15 is 0 Å². The summed E-state index contributed by atoms with van der Waals surface area (Å²) in [7, 11) is 1.70. The molecule has 0 amide bonds. The summed E-state index contributed by atoms with van der Waals surface area (Å²) < 4.78 is 16.4. The van der Waals surface area contributed by atoms with Crippen molar-refractivity contribution in [2.24, 2.45) is 10.9 Å². The minimum Gasteiger partial charge on any atom is -0.493 e. The van der Waals surface area contributed by atoms with Gasteiger partial charge in [0.2, 0.25) is 0 Å². The van der Waals surface area contributed by atoms with Crippen LogP contribution in [0.25, 0.3) is 0 Å². The number of hydrogen-bond donors (Lipinski definition) is 2. The van der Waals surface area contributed by atoms with Crippen LogP contribution in [0, 0.1) is 5.92 Å². The number of methoxy groups -OCH3 is 1. The van der Waals surface area contributed by atoms with Gasteiger partial charge in [0.15, 0.2) is 5.96 Å². The predicted molar refractivity (Wildman–Crippen MR) is 119 cm³/mol. The predicted octanol–water partition coefficient (Wildman–Crippen LogP) is 2.84. The van der Waals surface area contributed by atoms with Crippen molar-refractivity contribution in [1.29, 1.82) is 0 Å². The fourth-order valence-corrected chi connectivity index (χ4v) is 3.34. The summed E-state index contributed by atoms with van der Waals surface area (Å²) in [6, 6.07) is 8.39. The molecule has 7 heteroatoms. The number of aliphatic imine (C=N–C) groups is 1. The topological polar surface area (TPSA) is 67.4 Å². The van der Waals surface area contributed by atoms with Crippen LogP contribution in [0.5, 0.6) is 5.75 Å². The van der Waals surface area contributed by atoms with Crippen LogP contribution in [0.15, 0.2) is 29.3 Å². The third-order valence-corrected chi connectivity index (χ3v) is 4.92. The molecule has 2 rings (SSSR count). The first-order valence-corrected chi connectivity index (χ1v) is 10.7. The molecule has 0 aliphatic carbocycles. The minimum atomic E-state index is 0.407. The van der Waals surface area contributed by atoms with Crippen molar-refractivity contribution in [1.82, 2.24) is 10.2 Å². The maximum Gasteiger partial charge on any atom is 0.195 e. The molecular weight excluding hydrogens is 368 g/mol. The van der Waals surface area contributed by atoms with Gasteiger partial charge in [-0.15, -0.1) is 0 Å². The van der Waals surface area contributed by atoms with Crippen molar-refractivity contribution in [2.45, 2.75) is 33.2 Å². The number of anilines is 1. The summed E-state index contributed by atoms with van der Waals surface area (Å²) >= 11 is 0. The molecule has 7 nitrogen and oxygen atoms in total. The summed E-state index contributed by atoms with van der Waals surface area (Å²) in [5, 5.41) is 6.76. The molecule has 1 fully saturated rings. The van der Waals surface area contributed by atoms with Crippen LogP contribution in [0.1, 0.15) is 27.2 Å². The van der Waals surface area contributed by atoms with Gasteiger partial charge in [-0.2, -0.15) is 0 Å². The van der Waals surface area contributed by atoms with Crippen LogP contribution < -0.4 is 15.4 Å². The lowest BCUT2D eigenvalue weighted by Gasteiger charge is -2.36. The van der Waals surface area contributed by atoms with Gasteiger partial charge in [-0.05, 0) is 25.0 Å². The lowest BCUT2D eigenvalue weighted by atomic mass is 10.0. The van der Waals surface area contributed by atoms with Crippen molar-refractivity contribution in [3.05, 3.63) is 24.3 Å². The zero-order valence-corrected chi connectivity index (χ0v) is 18.4. The quantitative estimate of drug-likeness (QED) is 0.335. The monoisotopic (exact) mass is 406 g/mol. The van der Waals surface area contributed by atoms with Gasteiger partial charge in [-0.3, -0.25) is 9.89 Å². The lowest BCUT2D eigenvalue weighted by Crippen LogP contribution is -2.47. The molecule has 29 heavy (non-hydrogen) atoms. The Morgan fingerprint density at radius 3 is 2.72 bits per heavy atom. The number of nitrogens with one attached hydrogen (secondary N) is 2. The van der Waals surface area contributed by atoms with E-state index in [-0.39, 0.29) is 0 Å². The Morgan fingerprint density at radius 2 is 2.03 bits per heavy atom. The van der Waals surface area contributed by atoms with Gasteiger partial charge in [0, 0.05) is 57.6 Å². The maximum atomic E-state index is 5.80. The Kier molecular flexibility index (Phi) is 10.8. The molecule has 1 saturated heterocycles. The average molecular weight is 407 g/mol. The molecule has 164 valence electrons. The molecule has 1 unspecified atom stereocenters. The van der Waals surface area contributed by atoms with Crippen LogP contribution in [0.3, 0.4) is 0 Å². The van der Waals surface area contributed by atoms with Crippen LogP contribution in [-0.4, -0.2) is 76.6 Å². The summed E-state index contributed by atoms with van der Waals surface area (Å²) in [5.41, 5.74) is 0.960. The van der Waals surface area contributed by atoms with E-state index in [9.17, 15) is 0 Å². The van der Waals surface area contributed by atoms with Crippen molar-refractivity contribution in [3.8, 4) is 5.75 Å². The van der Waals surface area contributed by atoms with E-state index in [1.54, 1.807) is 7.11 Å². The first-order chi connectivity index (χ1) is 14.1. The molecule has 0 radical (unpaired) electrons. The number of guanidine groups is 1. The molecule has 1 heterocycles. The third-order valence-electron chi connectivity index (χ3n) is 4.92. The smallest absolute Gasteiger partial charge is 0.195 e. The van der Waals surface area contributed by atoms with Gasteiger partial charge in [0.1, 0.15) is 5.75 Å². The molecule has 2 N–H and O–H groups in total. The van der Waals surface area contributed by atoms with Crippen LogP contribution >= 0.6 is 0 Å². The van der Waals surface area contributed by atoms with E-state index in [0.29, 0.717) is 25.2 Å². The highest BCUT2D eigenvalue weighted by Crippen LogP contribution is 2.18. The second-order valence-corrected chi connectivity index (χ2v) is 7.53. The number of morpholine rings is 1.